The van der Waals surface area contributed by atoms with E-state index in [0.29, 0.717) is 11.6 Å². The van der Waals surface area contributed by atoms with Crippen LogP contribution in [0.5, 0.6) is 0 Å². The predicted octanol–water partition coefficient (Wildman–Crippen LogP) is 2.22. The monoisotopic (exact) mass is 193 g/mol. The van der Waals surface area contributed by atoms with E-state index in [2.05, 4.69) is 5.16 Å². The van der Waals surface area contributed by atoms with Crippen molar-refractivity contribution in [1.29, 1.82) is 0 Å². The molecule has 11 heavy (non-hydrogen) atoms. The van der Waals surface area contributed by atoms with Gasteiger partial charge in [-0.2, -0.15) is 0 Å². The second kappa shape index (κ2) is 2.27. The predicted molar refractivity (Wildman–Crippen MR) is 44.8 cm³/mol. The van der Waals surface area contributed by atoms with Crippen LogP contribution in [-0.2, 0) is 0 Å². The average Bonchev–Trinajstić information content (AvgIpc) is 2.42. The largest absolute Gasteiger partial charge is 0.411 e. The minimum atomic E-state index is -0.411. The first-order chi connectivity index (χ1) is 5.17. The van der Waals surface area contributed by atoms with Crippen LogP contribution in [-0.4, -0.2) is 21.2 Å². The zero-order valence-corrected chi connectivity index (χ0v) is 7.44. The molecule has 0 saturated heterocycles. The van der Waals surface area contributed by atoms with E-state index in [1.807, 2.05) is 0 Å². The van der Waals surface area contributed by atoms with E-state index < -0.39 is 4.87 Å². The molecule has 0 heterocycles. The molecular formula is C7H9Cl2NO. The first kappa shape index (κ1) is 7.69. The summed E-state index contributed by atoms with van der Waals surface area (Å²) in [6.45, 7) is 0. The van der Waals surface area contributed by atoms with E-state index in [4.69, 9.17) is 28.4 Å². The van der Waals surface area contributed by atoms with Crippen LogP contribution in [0.1, 0.15) is 19.3 Å². The lowest BCUT2D eigenvalue weighted by molar-refractivity contribution is 0.314. The number of rotatable bonds is 0. The van der Waals surface area contributed by atoms with E-state index >= 15 is 0 Å². The Hall–Kier alpha value is 0.0500. The third-order valence-electron chi connectivity index (χ3n) is 2.74. The fourth-order valence-corrected chi connectivity index (χ4v) is 3.12. The molecule has 2 fully saturated rings. The van der Waals surface area contributed by atoms with Gasteiger partial charge in [0.25, 0.3) is 0 Å². The third kappa shape index (κ3) is 0.890. The first-order valence-corrected chi connectivity index (χ1v) is 4.54. The van der Waals surface area contributed by atoms with Gasteiger partial charge in [-0.3, -0.25) is 0 Å². The molecule has 0 aromatic rings. The summed E-state index contributed by atoms with van der Waals surface area (Å²) in [7, 11) is 0. The van der Waals surface area contributed by atoms with Gasteiger partial charge in [0.05, 0.1) is 16.0 Å². The third-order valence-corrected chi connectivity index (χ3v) is 3.84. The van der Waals surface area contributed by atoms with Crippen LogP contribution >= 0.6 is 23.2 Å². The number of hydrogen-bond donors (Lipinski definition) is 1. The van der Waals surface area contributed by atoms with Gasteiger partial charge >= 0.3 is 0 Å². The van der Waals surface area contributed by atoms with Crippen molar-refractivity contribution in [2.45, 2.75) is 29.5 Å². The average molecular weight is 194 g/mol. The first-order valence-electron chi connectivity index (χ1n) is 3.73. The van der Waals surface area contributed by atoms with E-state index in [0.717, 1.165) is 19.3 Å². The van der Waals surface area contributed by atoms with Crippen molar-refractivity contribution in [3.05, 3.63) is 0 Å². The zero-order chi connectivity index (χ0) is 8.06. The molecule has 4 heteroatoms. The minimum absolute atomic E-state index is 0.133. The van der Waals surface area contributed by atoms with Crippen molar-refractivity contribution >= 4 is 28.9 Å². The Balaban J connectivity index is 2.36. The number of alkyl halides is 2. The molecule has 0 aromatic heterocycles. The van der Waals surface area contributed by atoms with Gasteiger partial charge in [-0.25, -0.2) is 0 Å². The molecule has 2 nitrogen and oxygen atoms in total. The standard InChI is InChI=1S/C7H9Cl2NO/c8-5-4-1-2-7(9,3-4)6(5)10-11/h4-5,11H,1-3H2/b10-6-/t4-,5+,7-/m0/s1. The molecule has 0 amide bonds. The SMILES string of the molecule is O/N=C1/[C@H](Cl)[C@H]2CC[C@]1(Cl)C2. The topological polar surface area (TPSA) is 32.6 Å². The van der Waals surface area contributed by atoms with Crippen LogP contribution in [0.2, 0.25) is 0 Å². The molecule has 2 aliphatic rings. The van der Waals surface area contributed by atoms with E-state index in [1.165, 1.54) is 0 Å². The van der Waals surface area contributed by atoms with Crippen molar-refractivity contribution in [1.82, 2.24) is 0 Å². The molecule has 62 valence electrons. The van der Waals surface area contributed by atoms with Crippen molar-refractivity contribution in [2.75, 3.05) is 0 Å². The number of halogens is 2. The number of oxime groups is 1. The quantitative estimate of drug-likeness (QED) is 0.358. The van der Waals surface area contributed by atoms with Gasteiger partial charge in [0, 0.05) is 0 Å². The molecule has 0 spiro atoms. The molecule has 2 bridgehead atoms. The van der Waals surface area contributed by atoms with Crippen LogP contribution in [0.25, 0.3) is 0 Å². The van der Waals surface area contributed by atoms with Crippen LogP contribution in [0.3, 0.4) is 0 Å². The summed E-state index contributed by atoms with van der Waals surface area (Å²) in [4.78, 5) is -0.411. The van der Waals surface area contributed by atoms with Gasteiger partial charge in [0.2, 0.25) is 0 Å². The molecule has 2 aliphatic carbocycles. The van der Waals surface area contributed by atoms with Gasteiger partial charge < -0.3 is 5.21 Å². The lowest BCUT2D eigenvalue weighted by Gasteiger charge is -2.21. The molecule has 1 N–H and O–H groups in total. The second-order valence-corrected chi connectivity index (χ2v) is 4.55. The molecule has 3 atom stereocenters. The summed E-state index contributed by atoms with van der Waals surface area (Å²) in [5.41, 5.74) is 0.581. The molecule has 2 saturated carbocycles. The van der Waals surface area contributed by atoms with Crippen LogP contribution in [0.15, 0.2) is 5.16 Å². The summed E-state index contributed by atoms with van der Waals surface area (Å²) in [5, 5.41) is 11.7. The van der Waals surface area contributed by atoms with Gasteiger partial charge in [-0.1, -0.05) is 5.16 Å². The van der Waals surface area contributed by atoms with Crippen molar-refractivity contribution < 1.29 is 5.21 Å². The maximum Gasteiger partial charge on any atom is 0.0960 e. The second-order valence-electron chi connectivity index (χ2n) is 3.36. The maximum atomic E-state index is 8.64. The number of nitrogens with zero attached hydrogens (tertiary/aromatic N) is 1. The summed E-state index contributed by atoms with van der Waals surface area (Å²) in [6, 6.07) is 0. The number of fused-ring (bicyclic) bond motifs is 2. The lowest BCUT2D eigenvalue weighted by atomic mass is 9.97. The highest BCUT2D eigenvalue weighted by molar-refractivity contribution is 6.45. The summed E-state index contributed by atoms with van der Waals surface area (Å²) < 4.78 is 0. The van der Waals surface area contributed by atoms with Gasteiger partial charge in [0.1, 0.15) is 0 Å². The summed E-state index contributed by atoms with van der Waals surface area (Å²) in [5.74, 6) is 0.431. The molecular weight excluding hydrogens is 185 g/mol. The van der Waals surface area contributed by atoms with E-state index in [1.54, 1.807) is 0 Å². The highest BCUT2D eigenvalue weighted by atomic mass is 35.5. The molecule has 0 unspecified atom stereocenters. The fourth-order valence-electron chi connectivity index (χ4n) is 2.13. The van der Waals surface area contributed by atoms with Crippen molar-refractivity contribution in [2.24, 2.45) is 11.1 Å². The van der Waals surface area contributed by atoms with Crippen LogP contribution in [0, 0.1) is 5.92 Å². The highest BCUT2D eigenvalue weighted by Gasteiger charge is 2.54. The normalized spacial score (nSPS) is 52.4. The van der Waals surface area contributed by atoms with Crippen LogP contribution in [0.4, 0.5) is 0 Å². The molecule has 0 radical (unpaired) electrons. The van der Waals surface area contributed by atoms with Gasteiger partial charge in [-0.05, 0) is 25.2 Å². The Bertz CT molecular complexity index is 218. The van der Waals surface area contributed by atoms with Gasteiger partial charge in [0.15, 0.2) is 0 Å². The Morgan fingerprint density at radius 1 is 1.64 bits per heavy atom. The summed E-state index contributed by atoms with van der Waals surface area (Å²) in [6.07, 6.45) is 2.85. The smallest absolute Gasteiger partial charge is 0.0960 e. The van der Waals surface area contributed by atoms with Crippen molar-refractivity contribution in [3.8, 4) is 0 Å². The maximum absolute atomic E-state index is 8.64. The highest BCUT2D eigenvalue weighted by Crippen LogP contribution is 2.51. The zero-order valence-electron chi connectivity index (χ0n) is 5.93. The minimum Gasteiger partial charge on any atom is -0.411 e. The van der Waals surface area contributed by atoms with Gasteiger partial charge in [-0.15, -0.1) is 23.2 Å². The molecule has 2 rings (SSSR count). The Morgan fingerprint density at radius 3 is 2.73 bits per heavy atom. The van der Waals surface area contributed by atoms with E-state index in [-0.39, 0.29) is 5.38 Å². The Morgan fingerprint density at radius 2 is 2.36 bits per heavy atom. The number of hydrogen-bond acceptors (Lipinski definition) is 2. The van der Waals surface area contributed by atoms with Crippen LogP contribution < -0.4 is 0 Å². The molecule has 0 aromatic carbocycles. The fraction of sp³-hybridized carbons (Fsp3) is 0.857. The Kier molecular flexibility index (Phi) is 1.58. The summed E-state index contributed by atoms with van der Waals surface area (Å²) >= 11 is 12.2. The molecule has 0 aliphatic heterocycles. The van der Waals surface area contributed by atoms with E-state index in [9.17, 15) is 0 Å². The van der Waals surface area contributed by atoms with Crippen molar-refractivity contribution in [3.63, 3.8) is 0 Å². The Labute approximate surface area is 75.2 Å². The lowest BCUT2D eigenvalue weighted by Crippen LogP contribution is -2.32.